The summed E-state index contributed by atoms with van der Waals surface area (Å²) < 4.78 is 16.6. The maximum Gasteiger partial charge on any atom is 0.310 e. The summed E-state index contributed by atoms with van der Waals surface area (Å²) in [6, 6.07) is 5.37. The average molecular weight is 280 g/mol. The molecule has 1 heterocycles. The van der Waals surface area contributed by atoms with Gasteiger partial charge in [-0.2, -0.15) is 0 Å². The highest BCUT2D eigenvalue weighted by atomic mass is 16.5. The molecule has 5 nitrogen and oxygen atoms in total. The van der Waals surface area contributed by atoms with Gasteiger partial charge in [-0.3, -0.25) is 4.79 Å². The minimum absolute atomic E-state index is 0.0908. The number of rotatable bonds is 5. The minimum Gasteiger partial charge on any atom is -0.493 e. The standard InChI is InChI=1S/C15H20O5/c1-10(15(16)17)12-4-3-5-13(14(12)18-2)20-11-6-8-19-9-7-11/h3-5,10-11H,6-9H2,1-2H3,(H,16,17). The number of hydrogen-bond donors (Lipinski definition) is 1. The van der Waals surface area contributed by atoms with E-state index in [1.54, 1.807) is 19.1 Å². The summed E-state index contributed by atoms with van der Waals surface area (Å²) in [4.78, 5) is 11.2. The van der Waals surface area contributed by atoms with Crippen LogP contribution in [0.25, 0.3) is 0 Å². The van der Waals surface area contributed by atoms with Gasteiger partial charge in [0.1, 0.15) is 6.10 Å². The summed E-state index contributed by atoms with van der Waals surface area (Å²) in [6.07, 6.45) is 1.76. The van der Waals surface area contributed by atoms with Gasteiger partial charge in [-0.25, -0.2) is 0 Å². The van der Waals surface area contributed by atoms with Crippen LogP contribution < -0.4 is 9.47 Å². The van der Waals surface area contributed by atoms with Crippen molar-refractivity contribution in [1.29, 1.82) is 0 Å². The van der Waals surface area contributed by atoms with Gasteiger partial charge in [0.05, 0.1) is 26.2 Å². The Kier molecular flexibility index (Phi) is 4.84. The maximum atomic E-state index is 11.2. The van der Waals surface area contributed by atoms with E-state index >= 15 is 0 Å². The molecule has 1 aromatic rings. The second-order valence-electron chi connectivity index (χ2n) is 4.87. The third-order valence-electron chi connectivity index (χ3n) is 3.51. The lowest BCUT2D eigenvalue weighted by Gasteiger charge is -2.25. The average Bonchev–Trinajstić information content (AvgIpc) is 2.47. The smallest absolute Gasteiger partial charge is 0.310 e. The van der Waals surface area contributed by atoms with Crippen LogP contribution in [0.4, 0.5) is 0 Å². The van der Waals surface area contributed by atoms with E-state index in [1.807, 2.05) is 6.07 Å². The molecule has 0 aromatic heterocycles. The molecule has 0 amide bonds. The molecule has 1 saturated heterocycles. The van der Waals surface area contributed by atoms with E-state index in [1.165, 1.54) is 7.11 Å². The van der Waals surface area contributed by atoms with Gasteiger partial charge in [-0.15, -0.1) is 0 Å². The molecule has 110 valence electrons. The zero-order valence-electron chi connectivity index (χ0n) is 11.8. The number of carboxylic acids is 1. The molecule has 1 aromatic carbocycles. The summed E-state index contributed by atoms with van der Waals surface area (Å²) in [7, 11) is 1.53. The molecule has 0 saturated carbocycles. The van der Waals surface area contributed by atoms with Crippen molar-refractivity contribution in [3.63, 3.8) is 0 Å². The van der Waals surface area contributed by atoms with Crippen molar-refractivity contribution in [1.82, 2.24) is 0 Å². The first kappa shape index (κ1) is 14.7. The Hall–Kier alpha value is -1.75. The number of benzene rings is 1. The quantitative estimate of drug-likeness (QED) is 0.897. The van der Waals surface area contributed by atoms with Crippen molar-refractivity contribution in [2.75, 3.05) is 20.3 Å². The van der Waals surface area contributed by atoms with E-state index in [4.69, 9.17) is 19.3 Å². The molecule has 1 N–H and O–H groups in total. The molecule has 0 radical (unpaired) electrons. The van der Waals surface area contributed by atoms with Gasteiger partial charge in [0.25, 0.3) is 0 Å². The Morgan fingerprint density at radius 1 is 1.40 bits per heavy atom. The molecule has 2 rings (SSSR count). The lowest BCUT2D eigenvalue weighted by Crippen LogP contribution is -2.26. The predicted molar refractivity (Wildman–Crippen MR) is 73.5 cm³/mol. The first-order valence-corrected chi connectivity index (χ1v) is 6.77. The van der Waals surface area contributed by atoms with E-state index in [0.717, 1.165) is 12.8 Å². The predicted octanol–water partition coefficient (Wildman–Crippen LogP) is 2.44. The fraction of sp³-hybridized carbons (Fsp3) is 0.533. The molecular weight excluding hydrogens is 260 g/mol. The lowest BCUT2D eigenvalue weighted by atomic mass is 10.00. The van der Waals surface area contributed by atoms with Gasteiger partial charge in [-0.05, 0) is 13.0 Å². The fourth-order valence-electron chi connectivity index (χ4n) is 2.29. The van der Waals surface area contributed by atoms with Crippen molar-refractivity contribution in [3.8, 4) is 11.5 Å². The molecule has 1 aliphatic heterocycles. The van der Waals surface area contributed by atoms with Crippen LogP contribution in [0.1, 0.15) is 31.2 Å². The molecule has 0 aliphatic carbocycles. The zero-order valence-corrected chi connectivity index (χ0v) is 11.8. The van der Waals surface area contributed by atoms with Crippen LogP contribution in [0.3, 0.4) is 0 Å². The number of hydrogen-bond acceptors (Lipinski definition) is 4. The molecular formula is C15H20O5. The highest BCUT2D eigenvalue weighted by Gasteiger charge is 2.23. The van der Waals surface area contributed by atoms with Crippen molar-refractivity contribution in [3.05, 3.63) is 23.8 Å². The van der Waals surface area contributed by atoms with Gasteiger partial charge < -0.3 is 19.3 Å². The second kappa shape index (κ2) is 6.61. The molecule has 1 fully saturated rings. The zero-order chi connectivity index (χ0) is 14.5. The van der Waals surface area contributed by atoms with Gasteiger partial charge in [-0.1, -0.05) is 12.1 Å². The Bertz CT molecular complexity index is 465. The van der Waals surface area contributed by atoms with Crippen LogP contribution >= 0.6 is 0 Å². The lowest BCUT2D eigenvalue weighted by molar-refractivity contribution is -0.138. The van der Waals surface area contributed by atoms with Crippen LogP contribution in [0.15, 0.2) is 18.2 Å². The van der Waals surface area contributed by atoms with E-state index < -0.39 is 11.9 Å². The molecule has 1 unspecified atom stereocenters. The van der Waals surface area contributed by atoms with Gasteiger partial charge in [0.15, 0.2) is 11.5 Å². The summed E-state index contributed by atoms with van der Waals surface area (Å²) >= 11 is 0. The van der Waals surface area contributed by atoms with Crippen LogP contribution in [0, 0.1) is 0 Å². The monoisotopic (exact) mass is 280 g/mol. The summed E-state index contributed by atoms with van der Waals surface area (Å²) in [5.74, 6) is -0.409. The maximum absolute atomic E-state index is 11.2. The summed E-state index contributed by atoms with van der Waals surface area (Å²) in [6.45, 7) is 3.02. The Balaban J connectivity index is 2.23. The first-order valence-electron chi connectivity index (χ1n) is 6.77. The van der Waals surface area contributed by atoms with Crippen molar-refractivity contribution < 1.29 is 24.1 Å². The van der Waals surface area contributed by atoms with E-state index in [9.17, 15) is 4.79 Å². The van der Waals surface area contributed by atoms with E-state index in [0.29, 0.717) is 30.3 Å². The largest absolute Gasteiger partial charge is 0.493 e. The summed E-state index contributed by atoms with van der Waals surface area (Å²) in [5, 5.41) is 9.15. The highest BCUT2D eigenvalue weighted by Crippen LogP contribution is 2.36. The molecule has 0 spiro atoms. The number of carbonyl (C=O) groups is 1. The molecule has 5 heteroatoms. The topological polar surface area (TPSA) is 65.0 Å². The molecule has 20 heavy (non-hydrogen) atoms. The van der Waals surface area contributed by atoms with Crippen molar-refractivity contribution >= 4 is 5.97 Å². The molecule has 1 atom stereocenters. The summed E-state index contributed by atoms with van der Waals surface area (Å²) in [5.41, 5.74) is 0.629. The number of para-hydroxylation sites is 1. The van der Waals surface area contributed by atoms with Gasteiger partial charge >= 0.3 is 5.97 Å². The number of aliphatic carboxylic acids is 1. The third-order valence-corrected chi connectivity index (χ3v) is 3.51. The molecule has 0 bridgehead atoms. The minimum atomic E-state index is -0.883. The number of carboxylic acid groups (broad SMARTS) is 1. The second-order valence-corrected chi connectivity index (χ2v) is 4.87. The van der Waals surface area contributed by atoms with Gasteiger partial charge in [0, 0.05) is 18.4 Å². The van der Waals surface area contributed by atoms with Crippen LogP contribution in [0.2, 0.25) is 0 Å². The third kappa shape index (κ3) is 3.22. The van der Waals surface area contributed by atoms with Crippen molar-refractivity contribution in [2.24, 2.45) is 0 Å². The van der Waals surface area contributed by atoms with Crippen LogP contribution in [-0.2, 0) is 9.53 Å². The number of ether oxygens (including phenoxy) is 3. The number of methoxy groups -OCH3 is 1. The van der Waals surface area contributed by atoms with E-state index in [-0.39, 0.29) is 6.10 Å². The molecule has 1 aliphatic rings. The normalized spacial score (nSPS) is 17.5. The Morgan fingerprint density at radius 2 is 2.10 bits per heavy atom. The van der Waals surface area contributed by atoms with Gasteiger partial charge in [0.2, 0.25) is 0 Å². The van der Waals surface area contributed by atoms with Crippen LogP contribution in [0.5, 0.6) is 11.5 Å². The highest BCUT2D eigenvalue weighted by molar-refractivity contribution is 5.77. The first-order chi connectivity index (χ1) is 9.63. The van der Waals surface area contributed by atoms with Crippen molar-refractivity contribution in [2.45, 2.75) is 31.8 Å². The van der Waals surface area contributed by atoms with Crippen LogP contribution in [-0.4, -0.2) is 37.5 Å². The Labute approximate surface area is 118 Å². The Morgan fingerprint density at radius 3 is 2.70 bits per heavy atom. The fourth-order valence-corrected chi connectivity index (χ4v) is 2.29. The van der Waals surface area contributed by atoms with E-state index in [2.05, 4.69) is 0 Å². The SMILES string of the molecule is COc1c(OC2CCOCC2)cccc1C(C)C(=O)O.